The molecule has 6 heteroatoms. The molecule has 0 radical (unpaired) electrons. The summed E-state index contributed by atoms with van der Waals surface area (Å²) in [5.41, 5.74) is 3.56. The van der Waals surface area contributed by atoms with E-state index in [0.717, 1.165) is 45.6 Å². The highest BCUT2D eigenvalue weighted by atomic mass is 16.5. The summed E-state index contributed by atoms with van der Waals surface area (Å²) in [6, 6.07) is 14.1. The Hall–Kier alpha value is -2.73. The van der Waals surface area contributed by atoms with Gasteiger partial charge < -0.3 is 19.7 Å². The number of hydrogen-bond donors (Lipinski definition) is 1. The monoisotopic (exact) mass is 409 g/mol. The number of likely N-dealkylation sites (tertiary alicyclic amines) is 1. The van der Waals surface area contributed by atoms with Gasteiger partial charge in [0.15, 0.2) is 0 Å². The Morgan fingerprint density at radius 2 is 1.93 bits per heavy atom. The first-order chi connectivity index (χ1) is 14.7. The summed E-state index contributed by atoms with van der Waals surface area (Å²) in [4.78, 5) is 17.4. The zero-order valence-corrected chi connectivity index (χ0v) is 17.9. The Kier molecular flexibility index (Phi) is 6.43. The SMILES string of the molecule is COc1ccc(OC)c(NC(=O)N2CCCC(CN3CCc4ccccc4C3)C2)c1. The second-order valence-corrected chi connectivity index (χ2v) is 8.20. The minimum atomic E-state index is -0.0738. The van der Waals surface area contributed by atoms with Crippen molar-refractivity contribution in [2.75, 3.05) is 45.7 Å². The number of nitrogens with one attached hydrogen (secondary N) is 1. The van der Waals surface area contributed by atoms with Gasteiger partial charge >= 0.3 is 6.03 Å². The molecule has 0 spiro atoms. The Labute approximate surface area is 178 Å². The zero-order chi connectivity index (χ0) is 20.9. The Morgan fingerprint density at radius 3 is 2.73 bits per heavy atom. The van der Waals surface area contributed by atoms with Gasteiger partial charge in [-0.25, -0.2) is 4.79 Å². The molecule has 1 fully saturated rings. The van der Waals surface area contributed by atoms with Crippen LogP contribution in [0.3, 0.4) is 0 Å². The predicted molar refractivity (Wildman–Crippen MR) is 118 cm³/mol. The molecule has 30 heavy (non-hydrogen) atoms. The van der Waals surface area contributed by atoms with E-state index in [4.69, 9.17) is 9.47 Å². The molecule has 1 atom stereocenters. The molecule has 1 unspecified atom stereocenters. The number of urea groups is 1. The number of carbonyl (C=O) groups is 1. The maximum absolute atomic E-state index is 12.9. The second kappa shape index (κ2) is 9.39. The van der Waals surface area contributed by atoms with Gasteiger partial charge in [0.1, 0.15) is 11.5 Å². The molecule has 2 aliphatic heterocycles. The Balaban J connectivity index is 1.35. The molecule has 1 N–H and O–H groups in total. The van der Waals surface area contributed by atoms with Crippen molar-refractivity contribution in [3.63, 3.8) is 0 Å². The van der Waals surface area contributed by atoms with Crippen LogP contribution in [0.4, 0.5) is 10.5 Å². The maximum atomic E-state index is 12.9. The van der Waals surface area contributed by atoms with Crippen LogP contribution in [-0.2, 0) is 13.0 Å². The minimum absolute atomic E-state index is 0.0738. The molecule has 6 nitrogen and oxygen atoms in total. The summed E-state index contributed by atoms with van der Waals surface area (Å²) in [6.07, 6.45) is 3.32. The lowest BCUT2D eigenvalue weighted by Crippen LogP contribution is -2.46. The standard InChI is InChI=1S/C24H31N3O3/c1-29-21-9-10-23(30-2)22(14-21)25-24(28)27-12-5-6-18(16-27)15-26-13-11-19-7-3-4-8-20(19)17-26/h3-4,7-10,14,18H,5-6,11-13,15-17H2,1-2H3,(H,25,28). The number of amides is 2. The van der Waals surface area contributed by atoms with Crippen LogP contribution in [0.1, 0.15) is 24.0 Å². The van der Waals surface area contributed by atoms with Gasteiger partial charge in [-0.15, -0.1) is 0 Å². The molecule has 2 amide bonds. The number of piperidine rings is 1. The van der Waals surface area contributed by atoms with Crippen molar-refractivity contribution in [1.29, 1.82) is 0 Å². The smallest absolute Gasteiger partial charge is 0.321 e. The van der Waals surface area contributed by atoms with Crippen molar-refractivity contribution in [2.24, 2.45) is 5.92 Å². The fourth-order valence-corrected chi connectivity index (χ4v) is 4.58. The van der Waals surface area contributed by atoms with Gasteiger partial charge in [0.05, 0.1) is 19.9 Å². The number of rotatable bonds is 5. The lowest BCUT2D eigenvalue weighted by Gasteiger charge is -2.37. The molecule has 0 aliphatic carbocycles. The summed E-state index contributed by atoms with van der Waals surface area (Å²) in [7, 11) is 3.22. The van der Waals surface area contributed by atoms with Gasteiger partial charge in [0, 0.05) is 38.8 Å². The number of ether oxygens (including phenoxy) is 2. The van der Waals surface area contributed by atoms with Crippen LogP contribution in [0.15, 0.2) is 42.5 Å². The number of benzene rings is 2. The number of anilines is 1. The molecular weight excluding hydrogens is 378 g/mol. The van der Waals surface area contributed by atoms with E-state index in [0.29, 0.717) is 23.1 Å². The molecule has 0 saturated carbocycles. The summed E-state index contributed by atoms with van der Waals surface area (Å²) < 4.78 is 10.7. The van der Waals surface area contributed by atoms with E-state index in [1.165, 1.54) is 17.5 Å². The third-order valence-electron chi connectivity index (χ3n) is 6.18. The number of nitrogens with zero attached hydrogens (tertiary/aromatic N) is 2. The molecule has 2 heterocycles. The average molecular weight is 410 g/mol. The van der Waals surface area contributed by atoms with Crippen LogP contribution in [-0.4, -0.2) is 56.2 Å². The molecule has 0 bridgehead atoms. The fraction of sp³-hybridized carbons (Fsp3) is 0.458. The predicted octanol–water partition coefficient (Wildman–Crippen LogP) is 4.01. The Morgan fingerprint density at radius 1 is 1.10 bits per heavy atom. The van der Waals surface area contributed by atoms with Crippen molar-refractivity contribution in [3.05, 3.63) is 53.6 Å². The summed E-state index contributed by atoms with van der Waals surface area (Å²) in [6.45, 7) is 4.73. The number of carbonyl (C=O) groups excluding carboxylic acids is 1. The van der Waals surface area contributed by atoms with Crippen molar-refractivity contribution in [3.8, 4) is 11.5 Å². The average Bonchev–Trinajstić information content (AvgIpc) is 2.79. The second-order valence-electron chi connectivity index (χ2n) is 8.20. The van der Waals surface area contributed by atoms with Crippen LogP contribution in [0.25, 0.3) is 0 Å². The van der Waals surface area contributed by atoms with Crippen molar-refractivity contribution >= 4 is 11.7 Å². The number of hydrogen-bond acceptors (Lipinski definition) is 4. The topological polar surface area (TPSA) is 54.0 Å². The first-order valence-corrected chi connectivity index (χ1v) is 10.7. The van der Waals surface area contributed by atoms with Crippen LogP contribution in [0.5, 0.6) is 11.5 Å². The van der Waals surface area contributed by atoms with Gasteiger partial charge in [-0.05, 0) is 48.4 Å². The molecule has 1 saturated heterocycles. The quantitative estimate of drug-likeness (QED) is 0.811. The number of methoxy groups -OCH3 is 2. The van der Waals surface area contributed by atoms with Crippen LogP contribution < -0.4 is 14.8 Å². The highest BCUT2D eigenvalue weighted by Gasteiger charge is 2.27. The molecule has 2 aromatic rings. The van der Waals surface area contributed by atoms with Crippen LogP contribution in [0, 0.1) is 5.92 Å². The van der Waals surface area contributed by atoms with E-state index in [2.05, 4.69) is 34.5 Å². The molecule has 0 aromatic heterocycles. The highest BCUT2D eigenvalue weighted by Crippen LogP contribution is 2.30. The van der Waals surface area contributed by atoms with E-state index < -0.39 is 0 Å². The van der Waals surface area contributed by atoms with Gasteiger partial charge in [-0.1, -0.05) is 24.3 Å². The van der Waals surface area contributed by atoms with E-state index in [1.54, 1.807) is 20.3 Å². The first kappa shape index (κ1) is 20.5. The van der Waals surface area contributed by atoms with Crippen molar-refractivity contribution in [1.82, 2.24) is 9.80 Å². The third kappa shape index (κ3) is 4.70. The lowest BCUT2D eigenvalue weighted by atomic mass is 9.95. The first-order valence-electron chi connectivity index (χ1n) is 10.7. The van der Waals surface area contributed by atoms with E-state index >= 15 is 0 Å². The van der Waals surface area contributed by atoms with Gasteiger partial charge in [0.2, 0.25) is 0 Å². The summed E-state index contributed by atoms with van der Waals surface area (Å²) in [5, 5.41) is 3.01. The summed E-state index contributed by atoms with van der Waals surface area (Å²) in [5.74, 6) is 1.82. The molecule has 2 aromatic carbocycles. The third-order valence-corrected chi connectivity index (χ3v) is 6.18. The maximum Gasteiger partial charge on any atom is 0.321 e. The van der Waals surface area contributed by atoms with Gasteiger partial charge in [0.25, 0.3) is 0 Å². The van der Waals surface area contributed by atoms with E-state index in [1.807, 2.05) is 17.0 Å². The molecular formula is C24H31N3O3. The lowest BCUT2D eigenvalue weighted by molar-refractivity contribution is 0.140. The number of fused-ring (bicyclic) bond motifs is 1. The fourth-order valence-electron chi connectivity index (χ4n) is 4.58. The highest BCUT2D eigenvalue weighted by molar-refractivity contribution is 5.91. The van der Waals surface area contributed by atoms with Crippen molar-refractivity contribution < 1.29 is 14.3 Å². The zero-order valence-electron chi connectivity index (χ0n) is 17.9. The molecule has 160 valence electrons. The normalized spacial score (nSPS) is 19.1. The van der Waals surface area contributed by atoms with Crippen LogP contribution in [0.2, 0.25) is 0 Å². The minimum Gasteiger partial charge on any atom is -0.497 e. The van der Waals surface area contributed by atoms with E-state index in [9.17, 15) is 4.79 Å². The van der Waals surface area contributed by atoms with E-state index in [-0.39, 0.29) is 6.03 Å². The Bertz CT molecular complexity index is 886. The van der Waals surface area contributed by atoms with Gasteiger partial charge in [-0.3, -0.25) is 4.90 Å². The molecule has 4 rings (SSSR count). The van der Waals surface area contributed by atoms with Gasteiger partial charge in [-0.2, -0.15) is 0 Å². The summed E-state index contributed by atoms with van der Waals surface area (Å²) >= 11 is 0. The largest absolute Gasteiger partial charge is 0.497 e. The van der Waals surface area contributed by atoms with Crippen LogP contribution >= 0.6 is 0 Å². The molecule has 2 aliphatic rings. The van der Waals surface area contributed by atoms with Crippen molar-refractivity contribution in [2.45, 2.75) is 25.8 Å².